The van der Waals surface area contributed by atoms with Crippen molar-refractivity contribution in [3.8, 4) is 0 Å². The molecule has 1 amide bonds. The van der Waals surface area contributed by atoms with E-state index in [1.165, 1.54) is 4.57 Å². The minimum absolute atomic E-state index is 0.0189. The van der Waals surface area contributed by atoms with Crippen molar-refractivity contribution in [2.45, 2.75) is 13.2 Å². The molecular formula is C21H18N4O5. The monoisotopic (exact) mass is 406 g/mol. The maximum atomic E-state index is 12.4. The molecule has 0 radical (unpaired) electrons. The van der Waals surface area contributed by atoms with E-state index in [-0.39, 0.29) is 42.3 Å². The van der Waals surface area contributed by atoms with Crippen molar-refractivity contribution in [3.05, 3.63) is 65.7 Å². The number of carboxylic acids is 1. The molecule has 2 aromatic carbocycles. The zero-order valence-electron chi connectivity index (χ0n) is 15.8. The Morgan fingerprint density at radius 2 is 1.67 bits per heavy atom. The molecule has 0 aliphatic heterocycles. The fourth-order valence-corrected chi connectivity index (χ4v) is 3.21. The lowest BCUT2D eigenvalue weighted by molar-refractivity contribution is 0.0699. The van der Waals surface area contributed by atoms with Crippen LogP contribution in [0.3, 0.4) is 0 Å². The van der Waals surface area contributed by atoms with Gasteiger partial charge in [0.15, 0.2) is 5.65 Å². The van der Waals surface area contributed by atoms with Gasteiger partial charge in [-0.1, -0.05) is 42.5 Å². The maximum Gasteiger partial charge on any atom is 0.413 e. The number of fused-ring (bicyclic) bond motifs is 2. The van der Waals surface area contributed by atoms with Crippen LogP contribution in [0.5, 0.6) is 0 Å². The van der Waals surface area contributed by atoms with E-state index in [2.05, 4.69) is 15.3 Å². The predicted octanol–water partition coefficient (Wildman–Crippen LogP) is 3.02. The lowest BCUT2D eigenvalue weighted by Gasteiger charge is -2.11. The molecule has 0 saturated carbocycles. The zero-order chi connectivity index (χ0) is 21.1. The molecule has 0 spiro atoms. The number of aromatic nitrogens is 3. The maximum absolute atomic E-state index is 12.4. The molecule has 0 atom stereocenters. The molecule has 30 heavy (non-hydrogen) atoms. The summed E-state index contributed by atoms with van der Waals surface area (Å²) in [6, 6.07) is 16.1. The van der Waals surface area contributed by atoms with E-state index in [9.17, 15) is 19.8 Å². The van der Waals surface area contributed by atoms with Crippen LogP contribution in [0.25, 0.3) is 22.2 Å². The highest BCUT2D eigenvalue weighted by Crippen LogP contribution is 2.30. The van der Waals surface area contributed by atoms with Crippen molar-refractivity contribution >= 4 is 40.1 Å². The Kier molecular flexibility index (Phi) is 5.27. The Morgan fingerprint density at radius 3 is 2.33 bits per heavy atom. The Labute approximate surface area is 170 Å². The summed E-state index contributed by atoms with van der Waals surface area (Å²) in [6.45, 7) is -0.244. The third kappa shape index (κ3) is 3.65. The molecule has 0 saturated heterocycles. The van der Waals surface area contributed by atoms with Gasteiger partial charge in [-0.25, -0.2) is 19.6 Å². The van der Waals surface area contributed by atoms with E-state index in [4.69, 9.17) is 4.74 Å². The molecule has 2 heterocycles. The molecule has 9 heteroatoms. The lowest BCUT2D eigenvalue weighted by Crippen LogP contribution is -2.19. The number of hydrogen-bond acceptors (Lipinski definition) is 6. The van der Waals surface area contributed by atoms with Gasteiger partial charge in [0.1, 0.15) is 23.5 Å². The minimum Gasteiger partial charge on any atom is -0.477 e. The van der Waals surface area contributed by atoms with E-state index < -0.39 is 12.1 Å². The van der Waals surface area contributed by atoms with Crippen molar-refractivity contribution < 1.29 is 24.5 Å². The number of nitrogens with one attached hydrogen (secondary N) is 1. The highest BCUT2D eigenvalue weighted by Gasteiger charge is 2.26. The molecule has 4 aromatic rings. The van der Waals surface area contributed by atoms with Crippen LogP contribution < -0.4 is 5.32 Å². The Morgan fingerprint density at radius 1 is 1.00 bits per heavy atom. The molecule has 0 aliphatic rings. The fraction of sp³-hybridized carbons (Fsp3) is 0.143. The van der Waals surface area contributed by atoms with Gasteiger partial charge in [-0.15, -0.1) is 0 Å². The third-order valence-electron chi connectivity index (χ3n) is 4.52. The van der Waals surface area contributed by atoms with Crippen LogP contribution in [-0.4, -0.2) is 43.4 Å². The number of rotatable bonds is 6. The molecule has 4 rings (SSSR count). The van der Waals surface area contributed by atoms with Gasteiger partial charge in [-0.05, 0) is 17.7 Å². The van der Waals surface area contributed by atoms with E-state index in [0.717, 1.165) is 5.56 Å². The molecule has 0 unspecified atom stereocenters. The van der Waals surface area contributed by atoms with Crippen LogP contribution in [0.1, 0.15) is 15.9 Å². The Balaban J connectivity index is 1.75. The Bertz CT molecular complexity index is 1240. The van der Waals surface area contributed by atoms with Crippen molar-refractivity contribution in [1.82, 2.24) is 14.5 Å². The zero-order valence-corrected chi connectivity index (χ0v) is 15.8. The van der Waals surface area contributed by atoms with Gasteiger partial charge in [-0.3, -0.25) is 5.32 Å². The van der Waals surface area contributed by atoms with Crippen LogP contribution in [-0.2, 0) is 17.9 Å². The van der Waals surface area contributed by atoms with Crippen LogP contribution >= 0.6 is 0 Å². The summed E-state index contributed by atoms with van der Waals surface area (Å²) in [6.07, 6.45) is -0.826. The number of carbonyl (C=O) groups excluding carboxylic acids is 1. The molecule has 0 bridgehead atoms. The van der Waals surface area contributed by atoms with Gasteiger partial charge in [-0.2, -0.15) is 0 Å². The second-order valence-electron chi connectivity index (χ2n) is 6.48. The first-order chi connectivity index (χ1) is 14.6. The summed E-state index contributed by atoms with van der Waals surface area (Å²) in [4.78, 5) is 33.3. The van der Waals surface area contributed by atoms with Gasteiger partial charge in [0, 0.05) is 6.54 Å². The summed E-state index contributed by atoms with van der Waals surface area (Å²) in [5, 5.41) is 21.8. The number of aromatic carboxylic acids is 1. The number of carboxylic acid groups (broad SMARTS) is 1. The molecule has 3 N–H and O–H groups in total. The lowest BCUT2D eigenvalue weighted by atomic mass is 10.2. The third-order valence-corrected chi connectivity index (χ3v) is 4.52. The highest BCUT2D eigenvalue weighted by molar-refractivity contribution is 6.10. The van der Waals surface area contributed by atoms with Gasteiger partial charge in [0.05, 0.1) is 17.6 Å². The SMILES string of the molecule is O=C(Nc1c(C(=O)O)c2nc3ccccc3nc2n1CCO)OCc1ccccc1. The van der Waals surface area contributed by atoms with Gasteiger partial charge in [0.25, 0.3) is 0 Å². The fourth-order valence-electron chi connectivity index (χ4n) is 3.21. The first-order valence-corrected chi connectivity index (χ1v) is 9.19. The number of benzene rings is 2. The van der Waals surface area contributed by atoms with E-state index in [1.807, 2.05) is 18.2 Å². The number of carbonyl (C=O) groups is 2. The van der Waals surface area contributed by atoms with Crippen LogP contribution in [0.4, 0.5) is 10.6 Å². The number of amides is 1. The van der Waals surface area contributed by atoms with Gasteiger partial charge in [0.2, 0.25) is 0 Å². The molecule has 9 nitrogen and oxygen atoms in total. The van der Waals surface area contributed by atoms with Crippen LogP contribution in [0.15, 0.2) is 54.6 Å². The second-order valence-corrected chi connectivity index (χ2v) is 6.48. The second kappa shape index (κ2) is 8.18. The summed E-state index contributed by atoms with van der Waals surface area (Å²) in [7, 11) is 0. The normalized spacial score (nSPS) is 11.0. The molecule has 0 fully saturated rings. The summed E-state index contributed by atoms with van der Waals surface area (Å²) in [5.74, 6) is -1.32. The molecule has 2 aromatic heterocycles. The van der Waals surface area contributed by atoms with E-state index >= 15 is 0 Å². The Hall–Kier alpha value is -3.98. The number of nitrogens with zero attached hydrogens (tertiary/aromatic N) is 3. The first kappa shape index (κ1) is 19.3. The largest absolute Gasteiger partial charge is 0.477 e. The minimum atomic E-state index is -1.28. The van der Waals surface area contributed by atoms with Crippen molar-refractivity contribution in [2.75, 3.05) is 11.9 Å². The average Bonchev–Trinajstić information content (AvgIpc) is 3.04. The number of hydrogen-bond donors (Lipinski definition) is 3. The van der Waals surface area contributed by atoms with Crippen molar-refractivity contribution in [2.24, 2.45) is 0 Å². The van der Waals surface area contributed by atoms with E-state index in [0.29, 0.717) is 11.0 Å². The first-order valence-electron chi connectivity index (χ1n) is 9.19. The van der Waals surface area contributed by atoms with Gasteiger partial charge < -0.3 is 19.5 Å². The van der Waals surface area contributed by atoms with Crippen LogP contribution in [0, 0.1) is 0 Å². The molecular weight excluding hydrogens is 388 g/mol. The summed E-state index contributed by atoms with van der Waals surface area (Å²) in [5.41, 5.74) is 2.03. The molecule has 152 valence electrons. The van der Waals surface area contributed by atoms with Crippen LogP contribution in [0.2, 0.25) is 0 Å². The summed E-state index contributed by atoms with van der Waals surface area (Å²) >= 11 is 0. The van der Waals surface area contributed by atoms with Crippen molar-refractivity contribution in [1.29, 1.82) is 0 Å². The van der Waals surface area contributed by atoms with E-state index in [1.54, 1.807) is 36.4 Å². The average molecular weight is 406 g/mol. The topological polar surface area (TPSA) is 127 Å². The standard InChI is InChI=1S/C21H18N4O5/c26-11-10-25-18(24-21(29)30-12-13-6-2-1-3-7-13)16(20(27)28)17-19(25)23-15-9-5-4-8-14(15)22-17/h1-9,26H,10-12H2,(H,24,29)(H,27,28). The number of aliphatic hydroxyl groups is 1. The number of ether oxygens (including phenoxy) is 1. The van der Waals surface area contributed by atoms with Crippen molar-refractivity contribution in [3.63, 3.8) is 0 Å². The molecule has 0 aliphatic carbocycles. The van der Waals surface area contributed by atoms with Gasteiger partial charge >= 0.3 is 12.1 Å². The number of para-hydroxylation sites is 2. The number of aliphatic hydroxyl groups excluding tert-OH is 1. The highest BCUT2D eigenvalue weighted by atomic mass is 16.5. The number of anilines is 1. The predicted molar refractivity (Wildman–Crippen MR) is 109 cm³/mol. The smallest absolute Gasteiger partial charge is 0.413 e. The quantitative estimate of drug-likeness (QED) is 0.449. The summed E-state index contributed by atoms with van der Waals surface area (Å²) < 4.78 is 6.63.